The van der Waals surface area contributed by atoms with Crippen LogP contribution in [0.5, 0.6) is 0 Å². The summed E-state index contributed by atoms with van der Waals surface area (Å²) >= 11 is 0. The van der Waals surface area contributed by atoms with Crippen LogP contribution in [-0.4, -0.2) is 50.2 Å². The second-order valence-corrected chi connectivity index (χ2v) is 11.9. The van der Waals surface area contributed by atoms with Crippen molar-refractivity contribution in [2.75, 3.05) is 18.4 Å². The van der Waals surface area contributed by atoms with Gasteiger partial charge < -0.3 is 20.3 Å². The highest BCUT2D eigenvalue weighted by Gasteiger charge is 2.25. The van der Waals surface area contributed by atoms with E-state index in [9.17, 15) is 22.8 Å². The zero-order valence-corrected chi connectivity index (χ0v) is 25.2. The number of hydrogen-bond acceptors (Lipinski definition) is 7. The average Bonchev–Trinajstić information content (AvgIpc) is 2.96. The van der Waals surface area contributed by atoms with Gasteiger partial charge in [-0.2, -0.15) is 0 Å². The molecule has 0 aliphatic heterocycles. The molecule has 0 aliphatic rings. The van der Waals surface area contributed by atoms with Crippen LogP contribution < -0.4 is 15.8 Å². The number of benzene rings is 3. The Kier molecular flexibility index (Phi) is 11.6. The van der Waals surface area contributed by atoms with E-state index in [1.54, 1.807) is 54.6 Å². The topological polar surface area (TPSA) is 172 Å². The number of rotatable bonds is 11. The van der Waals surface area contributed by atoms with Gasteiger partial charge in [-0.25, -0.2) is 18.4 Å². The molecule has 228 valence electrons. The molecule has 0 fully saturated rings. The third-order valence-electron chi connectivity index (χ3n) is 6.25. The molecule has 0 aromatic heterocycles. The van der Waals surface area contributed by atoms with Crippen LogP contribution >= 0.6 is 0 Å². The van der Waals surface area contributed by atoms with E-state index in [0.29, 0.717) is 28.8 Å². The lowest BCUT2D eigenvalue weighted by atomic mass is 10.1. The lowest BCUT2D eigenvalue weighted by molar-refractivity contribution is -0.143. The van der Waals surface area contributed by atoms with Gasteiger partial charge in [0.2, 0.25) is 15.9 Å². The smallest absolute Gasteiger partial charge is 0.391 e. The highest BCUT2D eigenvalue weighted by atomic mass is 32.2. The van der Waals surface area contributed by atoms with Crippen LogP contribution in [0.4, 0.5) is 10.5 Å². The summed E-state index contributed by atoms with van der Waals surface area (Å²) in [6, 6.07) is 19.7. The van der Waals surface area contributed by atoms with Crippen molar-refractivity contribution in [3.8, 4) is 11.1 Å². The molecule has 5 N–H and O–H groups in total. The van der Waals surface area contributed by atoms with Crippen LogP contribution in [0.3, 0.4) is 0 Å². The second-order valence-electron chi connectivity index (χ2n) is 10.4. The molecule has 0 radical (unpaired) electrons. The van der Waals surface area contributed by atoms with Crippen molar-refractivity contribution in [1.29, 1.82) is 5.41 Å². The number of hydrogen-bond donors (Lipinski definition) is 4. The van der Waals surface area contributed by atoms with Crippen molar-refractivity contribution in [2.24, 2.45) is 11.1 Å². The zero-order chi connectivity index (χ0) is 31.6. The minimum Gasteiger partial charge on any atom is -0.391 e. The van der Waals surface area contributed by atoms with Gasteiger partial charge in [0.1, 0.15) is 0 Å². The summed E-state index contributed by atoms with van der Waals surface area (Å²) in [5.41, 5.74) is 2.03. The third-order valence-corrected chi connectivity index (χ3v) is 7.21. The van der Waals surface area contributed by atoms with E-state index in [1.807, 2.05) is 20.8 Å². The minimum absolute atomic E-state index is 0.0209. The third kappa shape index (κ3) is 9.76. The van der Waals surface area contributed by atoms with Gasteiger partial charge in [0.15, 0.2) is 0 Å². The molecule has 43 heavy (non-hydrogen) atoms. The summed E-state index contributed by atoms with van der Waals surface area (Å²) in [6.45, 7) is 6.53. The number of anilines is 1. The first kappa shape index (κ1) is 33.0. The lowest BCUT2D eigenvalue weighted by Crippen LogP contribution is -2.41. The van der Waals surface area contributed by atoms with Gasteiger partial charge in [-0.1, -0.05) is 75.7 Å². The molecule has 0 saturated heterocycles. The Morgan fingerprint density at radius 3 is 2.37 bits per heavy atom. The standard InChI is InChI=1S/C31H37N5O6S/c1-4-5-16-34-31(39)42-28(32)24-13-9-10-22(17-24)20-36(19-21(2)3)30(38)29(37)35-25-14-15-26(23-11-7-6-8-12-23)27(18-25)43(33,40)41/h6-15,17-18,21,32H,4-5,16,19-20H2,1-3H3,(H,34,39)(H,35,37)(H2,33,40,41). The van der Waals surface area contributed by atoms with Gasteiger partial charge in [-0.05, 0) is 47.7 Å². The summed E-state index contributed by atoms with van der Waals surface area (Å²) in [7, 11) is -4.16. The molecule has 12 heteroatoms. The maximum Gasteiger partial charge on any atom is 0.413 e. The van der Waals surface area contributed by atoms with Gasteiger partial charge in [-0.3, -0.25) is 15.0 Å². The summed E-state index contributed by atoms with van der Waals surface area (Å²) in [5, 5.41) is 18.7. The molecule has 0 aliphatic carbocycles. The summed E-state index contributed by atoms with van der Waals surface area (Å²) in [4.78, 5) is 39.5. The first-order valence-electron chi connectivity index (χ1n) is 13.8. The van der Waals surface area contributed by atoms with E-state index in [0.717, 1.165) is 12.8 Å². The zero-order valence-electron chi connectivity index (χ0n) is 24.4. The van der Waals surface area contributed by atoms with Crippen LogP contribution in [0.1, 0.15) is 44.7 Å². The lowest BCUT2D eigenvalue weighted by Gasteiger charge is -2.24. The number of ether oxygens (including phenoxy) is 1. The van der Waals surface area contributed by atoms with Crippen molar-refractivity contribution in [3.63, 3.8) is 0 Å². The average molecular weight is 608 g/mol. The molecular weight excluding hydrogens is 570 g/mol. The predicted octanol–water partition coefficient (Wildman–Crippen LogP) is 4.48. The molecule has 0 saturated carbocycles. The number of primary sulfonamides is 1. The van der Waals surface area contributed by atoms with Crippen LogP contribution in [-0.2, 0) is 30.9 Å². The van der Waals surface area contributed by atoms with Gasteiger partial charge in [0.05, 0.1) is 4.90 Å². The fourth-order valence-electron chi connectivity index (χ4n) is 4.27. The van der Waals surface area contributed by atoms with Crippen molar-refractivity contribution >= 4 is 39.5 Å². The van der Waals surface area contributed by atoms with Gasteiger partial charge in [-0.15, -0.1) is 0 Å². The van der Waals surface area contributed by atoms with E-state index in [4.69, 9.17) is 15.3 Å². The maximum atomic E-state index is 13.3. The van der Waals surface area contributed by atoms with Crippen LogP contribution in [0.2, 0.25) is 0 Å². The first-order chi connectivity index (χ1) is 20.4. The number of unbranched alkanes of at least 4 members (excludes halogenated alkanes) is 1. The molecule has 11 nitrogen and oxygen atoms in total. The van der Waals surface area contributed by atoms with Crippen molar-refractivity contribution in [1.82, 2.24) is 10.2 Å². The van der Waals surface area contributed by atoms with Crippen LogP contribution in [0.25, 0.3) is 11.1 Å². The number of carbonyl (C=O) groups excluding carboxylic acids is 3. The summed E-state index contributed by atoms with van der Waals surface area (Å²) < 4.78 is 29.8. The maximum absolute atomic E-state index is 13.3. The number of amides is 3. The van der Waals surface area contributed by atoms with Crippen LogP contribution in [0, 0.1) is 11.3 Å². The number of carbonyl (C=O) groups is 3. The molecule has 3 aromatic carbocycles. The Labute approximate surface area is 252 Å². The highest BCUT2D eigenvalue weighted by Crippen LogP contribution is 2.29. The second kappa shape index (κ2) is 15.1. The number of nitrogens with two attached hydrogens (primary N) is 1. The Bertz CT molecular complexity index is 1570. The SMILES string of the molecule is CCCCNC(=O)OC(=N)c1cccc(CN(CC(C)C)C(=O)C(=O)Nc2ccc(-c3ccccc3)c(S(N)(=O)=O)c2)c1. The molecule has 3 amide bonds. The van der Waals surface area contributed by atoms with E-state index < -0.39 is 27.9 Å². The summed E-state index contributed by atoms with van der Waals surface area (Å²) in [6.07, 6.45) is 0.970. The first-order valence-corrected chi connectivity index (χ1v) is 15.4. The Morgan fingerprint density at radius 2 is 1.72 bits per heavy atom. The molecule has 0 bridgehead atoms. The fraction of sp³-hybridized carbons (Fsp3) is 0.290. The normalized spacial score (nSPS) is 11.1. The van der Waals surface area contributed by atoms with Crippen LogP contribution in [0.15, 0.2) is 77.7 Å². The number of alkyl carbamates (subject to hydrolysis) is 1. The molecule has 0 unspecified atom stereocenters. The van der Waals surface area contributed by atoms with E-state index >= 15 is 0 Å². The molecule has 3 rings (SSSR count). The largest absolute Gasteiger partial charge is 0.413 e. The number of nitrogens with one attached hydrogen (secondary N) is 3. The molecular formula is C31H37N5O6S. The Morgan fingerprint density at radius 1 is 1.00 bits per heavy atom. The predicted molar refractivity (Wildman–Crippen MR) is 165 cm³/mol. The number of sulfonamides is 1. The molecule has 0 heterocycles. The molecule has 3 aromatic rings. The van der Waals surface area contributed by atoms with Crippen molar-refractivity contribution < 1.29 is 27.5 Å². The quantitative estimate of drug-likeness (QED) is 0.108. The summed E-state index contributed by atoms with van der Waals surface area (Å²) in [5.74, 6) is -2.11. The van der Waals surface area contributed by atoms with Gasteiger partial charge in [0, 0.05) is 36.4 Å². The Balaban J connectivity index is 1.77. The Hall–Kier alpha value is -4.55. The highest BCUT2D eigenvalue weighted by molar-refractivity contribution is 7.89. The molecule has 0 atom stereocenters. The van der Waals surface area contributed by atoms with E-state index in [1.165, 1.54) is 23.1 Å². The van der Waals surface area contributed by atoms with E-state index in [-0.39, 0.29) is 35.5 Å². The molecule has 0 spiro atoms. The monoisotopic (exact) mass is 607 g/mol. The van der Waals surface area contributed by atoms with Crippen molar-refractivity contribution in [3.05, 3.63) is 83.9 Å². The number of nitrogens with zero attached hydrogens (tertiary/aromatic N) is 1. The van der Waals surface area contributed by atoms with Crippen molar-refractivity contribution in [2.45, 2.75) is 45.1 Å². The van der Waals surface area contributed by atoms with E-state index in [2.05, 4.69) is 10.6 Å². The van der Waals surface area contributed by atoms with Gasteiger partial charge >= 0.3 is 17.9 Å². The minimum atomic E-state index is -4.16. The fourth-order valence-corrected chi connectivity index (χ4v) is 5.05. The van der Waals surface area contributed by atoms with Gasteiger partial charge in [0.25, 0.3) is 0 Å².